The highest BCUT2D eigenvalue weighted by molar-refractivity contribution is 7.99. The summed E-state index contributed by atoms with van der Waals surface area (Å²) in [5.74, 6) is 1.22. The van der Waals surface area contributed by atoms with E-state index in [9.17, 15) is 8.42 Å². The van der Waals surface area contributed by atoms with Crippen molar-refractivity contribution in [2.24, 2.45) is 7.05 Å². The Bertz CT molecular complexity index is 1220. The number of hydrogen-bond donors (Lipinski definition) is 0. The molecule has 3 aromatic heterocycles. The van der Waals surface area contributed by atoms with Crippen LogP contribution in [-0.4, -0.2) is 34.7 Å². The maximum atomic E-state index is 13.1. The van der Waals surface area contributed by atoms with Crippen LogP contribution in [0.3, 0.4) is 0 Å². The maximum Gasteiger partial charge on any atom is 0.265 e. The monoisotopic (exact) mass is 441 g/mol. The fraction of sp³-hybridized carbons (Fsp3) is 0.150. The van der Waals surface area contributed by atoms with Gasteiger partial charge < -0.3 is 8.98 Å². The second-order valence-electron chi connectivity index (χ2n) is 6.28. The standard InChI is InChI=1S/C20H19N5O3S2/c1-3-25(15-8-5-4-6-9-15)30(26,27)16-11-12-18(21-14-16)29-20-23-22-19(24(20)2)17-10-7-13-28-17/h4-14H,3H2,1-2H3. The minimum Gasteiger partial charge on any atom is -0.461 e. The molecule has 0 unspecified atom stereocenters. The zero-order chi connectivity index (χ0) is 21.1. The average molecular weight is 442 g/mol. The van der Waals surface area contributed by atoms with Crippen LogP contribution in [0.2, 0.25) is 0 Å². The Labute approximate surface area is 178 Å². The largest absolute Gasteiger partial charge is 0.461 e. The lowest BCUT2D eigenvalue weighted by molar-refractivity contribution is 0.572. The number of para-hydroxylation sites is 1. The van der Waals surface area contributed by atoms with Crippen molar-refractivity contribution >= 4 is 27.5 Å². The Hall–Kier alpha value is -3.11. The van der Waals surface area contributed by atoms with E-state index in [1.165, 1.54) is 22.3 Å². The van der Waals surface area contributed by atoms with Crippen molar-refractivity contribution in [2.75, 3.05) is 10.8 Å². The molecule has 0 atom stereocenters. The van der Waals surface area contributed by atoms with Gasteiger partial charge in [-0.2, -0.15) is 0 Å². The summed E-state index contributed by atoms with van der Waals surface area (Å²) in [5.41, 5.74) is 0.614. The minimum absolute atomic E-state index is 0.131. The van der Waals surface area contributed by atoms with Crippen LogP contribution >= 0.6 is 11.8 Å². The molecule has 0 bridgehead atoms. The third-order valence-electron chi connectivity index (χ3n) is 4.40. The Kier molecular flexibility index (Phi) is 5.60. The van der Waals surface area contributed by atoms with Gasteiger partial charge in [0, 0.05) is 19.8 Å². The van der Waals surface area contributed by atoms with Crippen LogP contribution in [0, 0.1) is 0 Å². The van der Waals surface area contributed by atoms with Crippen LogP contribution in [0.1, 0.15) is 6.92 Å². The molecular weight excluding hydrogens is 422 g/mol. The van der Waals surface area contributed by atoms with Crippen molar-refractivity contribution in [3.05, 3.63) is 67.1 Å². The lowest BCUT2D eigenvalue weighted by Crippen LogP contribution is -2.30. The number of hydrogen-bond acceptors (Lipinski definition) is 7. The second-order valence-corrected chi connectivity index (χ2v) is 9.13. The van der Waals surface area contributed by atoms with Crippen molar-refractivity contribution < 1.29 is 12.8 Å². The van der Waals surface area contributed by atoms with Gasteiger partial charge in [-0.1, -0.05) is 18.2 Å². The van der Waals surface area contributed by atoms with Gasteiger partial charge in [-0.05, 0) is 55.1 Å². The molecule has 4 rings (SSSR count). The van der Waals surface area contributed by atoms with Gasteiger partial charge in [-0.3, -0.25) is 4.31 Å². The van der Waals surface area contributed by atoms with Gasteiger partial charge in [0.2, 0.25) is 0 Å². The molecule has 10 heteroatoms. The number of anilines is 1. The first-order chi connectivity index (χ1) is 14.5. The fourth-order valence-electron chi connectivity index (χ4n) is 2.91. The quantitative estimate of drug-likeness (QED) is 0.430. The summed E-state index contributed by atoms with van der Waals surface area (Å²) in [6.45, 7) is 2.12. The highest BCUT2D eigenvalue weighted by Gasteiger charge is 2.24. The SMILES string of the molecule is CCN(c1ccccc1)S(=O)(=O)c1ccc(Sc2nnc(-c3ccco3)n2C)nc1. The first-order valence-corrected chi connectivity index (χ1v) is 11.4. The van der Waals surface area contributed by atoms with Gasteiger partial charge in [-0.15, -0.1) is 10.2 Å². The number of pyridine rings is 1. The molecule has 0 saturated carbocycles. The number of furan rings is 1. The van der Waals surface area contributed by atoms with Gasteiger partial charge in [0.05, 0.1) is 12.0 Å². The molecule has 1 aromatic carbocycles. The molecule has 0 aliphatic rings. The van der Waals surface area contributed by atoms with E-state index >= 15 is 0 Å². The van der Waals surface area contributed by atoms with Crippen LogP contribution in [0.5, 0.6) is 0 Å². The number of rotatable bonds is 7. The van der Waals surface area contributed by atoms with Crippen LogP contribution in [0.15, 0.2) is 86.6 Å². The van der Waals surface area contributed by atoms with Crippen LogP contribution < -0.4 is 4.31 Å². The molecule has 3 heterocycles. The smallest absolute Gasteiger partial charge is 0.265 e. The number of sulfonamides is 1. The summed E-state index contributed by atoms with van der Waals surface area (Å²) in [4.78, 5) is 4.45. The molecule has 8 nitrogen and oxygen atoms in total. The van der Waals surface area contributed by atoms with Crippen molar-refractivity contribution in [3.63, 3.8) is 0 Å². The number of nitrogens with zero attached hydrogens (tertiary/aromatic N) is 5. The highest BCUT2D eigenvalue weighted by Crippen LogP contribution is 2.29. The highest BCUT2D eigenvalue weighted by atomic mass is 32.2. The van der Waals surface area contributed by atoms with E-state index in [-0.39, 0.29) is 4.90 Å². The van der Waals surface area contributed by atoms with Crippen molar-refractivity contribution in [2.45, 2.75) is 22.0 Å². The molecule has 0 aliphatic carbocycles. The first-order valence-electron chi connectivity index (χ1n) is 9.15. The van der Waals surface area contributed by atoms with E-state index in [4.69, 9.17) is 4.42 Å². The summed E-state index contributed by atoms with van der Waals surface area (Å²) < 4.78 is 34.6. The van der Waals surface area contributed by atoms with Gasteiger partial charge in [0.15, 0.2) is 16.7 Å². The molecule has 0 amide bonds. The number of aromatic nitrogens is 4. The lowest BCUT2D eigenvalue weighted by Gasteiger charge is -2.22. The zero-order valence-corrected chi connectivity index (χ0v) is 18.0. The summed E-state index contributed by atoms with van der Waals surface area (Å²) in [7, 11) is -1.88. The molecule has 0 radical (unpaired) electrons. The third kappa shape index (κ3) is 3.83. The van der Waals surface area contributed by atoms with Gasteiger partial charge in [0.1, 0.15) is 9.92 Å². The number of benzene rings is 1. The van der Waals surface area contributed by atoms with Crippen LogP contribution in [-0.2, 0) is 17.1 Å². The molecule has 0 saturated heterocycles. The van der Waals surface area contributed by atoms with Crippen molar-refractivity contribution in [1.29, 1.82) is 0 Å². The van der Waals surface area contributed by atoms with E-state index in [2.05, 4.69) is 15.2 Å². The van der Waals surface area contributed by atoms with E-state index in [1.807, 2.05) is 31.3 Å². The van der Waals surface area contributed by atoms with Gasteiger partial charge >= 0.3 is 0 Å². The second kappa shape index (κ2) is 8.33. The Morgan fingerprint density at radius 3 is 2.50 bits per heavy atom. The molecule has 154 valence electrons. The van der Waals surface area contributed by atoms with Crippen LogP contribution in [0.4, 0.5) is 5.69 Å². The normalized spacial score (nSPS) is 11.5. The Morgan fingerprint density at radius 2 is 1.87 bits per heavy atom. The molecule has 30 heavy (non-hydrogen) atoms. The summed E-state index contributed by atoms with van der Waals surface area (Å²) in [6.07, 6.45) is 2.94. The zero-order valence-electron chi connectivity index (χ0n) is 16.3. The topological polar surface area (TPSA) is 94.1 Å². The maximum absolute atomic E-state index is 13.1. The van der Waals surface area contributed by atoms with Crippen LogP contribution in [0.25, 0.3) is 11.6 Å². The molecule has 0 spiro atoms. The Morgan fingerprint density at radius 1 is 1.07 bits per heavy atom. The third-order valence-corrected chi connectivity index (χ3v) is 7.28. The predicted octanol–water partition coefficient (Wildman–Crippen LogP) is 3.84. The predicted molar refractivity (Wildman–Crippen MR) is 114 cm³/mol. The fourth-order valence-corrected chi connectivity index (χ4v) is 5.06. The van der Waals surface area contributed by atoms with Crippen molar-refractivity contribution in [3.8, 4) is 11.6 Å². The minimum atomic E-state index is -3.71. The summed E-state index contributed by atoms with van der Waals surface area (Å²) in [6, 6.07) is 15.8. The molecule has 0 fully saturated rings. The lowest BCUT2D eigenvalue weighted by atomic mass is 10.3. The van der Waals surface area contributed by atoms with Gasteiger partial charge in [0.25, 0.3) is 10.0 Å². The van der Waals surface area contributed by atoms with E-state index < -0.39 is 10.0 Å². The van der Waals surface area contributed by atoms with Gasteiger partial charge in [-0.25, -0.2) is 13.4 Å². The van der Waals surface area contributed by atoms with E-state index in [1.54, 1.807) is 48.1 Å². The summed E-state index contributed by atoms with van der Waals surface area (Å²) in [5, 5.41) is 9.54. The van der Waals surface area contributed by atoms with E-state index in [0.29, 0.717) is 34.0 Å². The van der Waals surface area contributed by atoms with E-state index in [0.717, 1.165) is 0 Å². The van der Waals surface area contributed by atoms with Crippen molar-refractivity contribution in [1.82, 2.24) is 19.7 Å². The summed E-state index contributed by atoms with van der Waals surface area (Å²) >= 11 is 1.29. The molecule has 0 aliphatic heterocycles. The molecule has 0 N–H and O–H groups in total. The molecule has 4 aromatic rings. The average Bonchev–Trinajstić information content (AvgIpc) is 3.40. The Balaban J connectivity index is 1.56. The molecular formula is C20H19N5O3S2. The first kappa shape index (κ1) is 20.2.